The molecule has 1 N–H and O–H groups in total. The Morgan fingerprint density at radius 1 is 1.20 bits per heavy atom. The van der Waals surface area contributed by atoms with E-state index in [1.165, 1.54) is 22.8 Å². The Morgan fingerprint density at radius 3 is 2.73 bits per heavy atom. The third-order valence-corrected chi connectivity index (χ3v) is 7.62. The number of aromatic nitrogens is 1. The molecule has 0 saturated carbocycles. The van der Waals surface area contributed by atoms with Crippen LogP contribution in [0.15, 0.2) is 80.1 Å². The third kappa shape index (κ3) is 4.99. The molecule has 1 aliphatic rings. The van der Waals surface area contributed by atoms with Crippen molar-refractivity contribution in [3.8, 4) is 17.1 Å². The van der Waals surface area contributed by atoms with Gasteiger partial charge in [0.05, 0.1) is 46.1 Å². The van der Waals surface area contributed by atoms with Crippen LogP contribution in [-0.4, -0.2) is 35.3 Å². The summed E-state index contributed by atoms with van der Waals surface area (Å²) in [5, 5.41) is 9.65. The number of aromatic carboxylic acids is 1. The fraction of sp³-hybridized carbons (Fsp3) is 0.172. The van der Waals surface area contributed by atoms with Crippen LogP contribution in [0.2, 0.25) is 5.02 Å². The van der Waals surface area contributed by atoms with Gasteiger partial charge in [-0.25, -0.2) is 14.6 Å². The van der Waals surface area contributed by atoms with Gasteiger partial charge in [-0.1, -0.05) is 35.1 Å². The third-order valence-electron chi connectivity index (χ3n) is 6.31. The number of allylic oxidation sites excluding steroid dienone is 1. The molecule has 1 atom stereocenters. The normalized spacial score (nSPS) is 15.0. The Bertz CT molecular complexity index is 1870. The van der Waals surface area contributed by atoms with E-state index in [2.05, 4.69) is 4.99 Å². The smallest absolute Gasteiger partial charge is 0.338 e. The molecule has 1 aliphatic heterocycles. The number of carbonyl (C=O) groups excluding carboxylic acids is 1. The summed E-state index contributed by atoms with van der Waals surface area (Å²) in [4.78, 5) is 43.2. The van der Waals surface area contributed by atoms with E-state index >= 15 is 0 Å². The molecular weight excluding hydrogens is 556 g/mol. The molecular formula is C29H23ClN2O7S. The maximum absolute atomic E-state index is 13.8. The molecule has 0 radical (unpaired) electrons. The van der Waals surface area contributed by atoms with Gasteiger partial charge in [-0.2, -0.15) is 0 Å². The molecule has 2 aromatic carbocycles. The maximum atomic E-state index is 13.8. The second kappa shape index (κ2) is 11.0. The van der Waals surface area contributed by atoms with E-state index < -0.39 is 18.0 Å². The molecule has 9 nitrogen and oxygen atoms in total. The van der Waals surface area contributed by atoms with Crippen molar-refractivity contribution in [2.75, 3.05) is 13.7 Å². The van der Waals surface area contributed by atoms with E-state index in [-0.39, 0.29) is 23.3 Å². The monoisotopic (exact) mass is 578 g/mol. The molecule has 0 spiro atoms. The number of carbonyl (C=O) groups is 2. The highest BCUT2D eigenvalue weighted by molar-refractivity contribution is 7.07. The van der Waals surface area contributed by atoms with Crippen LogP contribution < -0.4 is 19.6 Å². The predicted molar refractivity (Wildman–Crippen MR) is 150 cm³/mol. The number of fused-ring (bicyclic) bond motifs is 1. The molecule has 0 unspecified atom stereocenters. The number of furan rings is 1. The standard InChI is InChI=1S/C29H23ClN2O7S/c1-4-38-28(36)24-15(2)31-29-32(25(24)16-6-5-7-18(12-16)37-3)26(33)23(40-29)14-19-9-11-22(39-19)20-13-17(27(34)35)8-10-21(20)30/h5-14,25H,4H2,1-3H3,(H,34,35)/b23-14+/t25-/m1/s1. The number of carboxylic acids is 1. The maximum Gasteiger partial charge on any atom is 0.338 e. The predicted octanol–water partition coefficient (Wildman–Crippen LogP) is 4.42. The van der Waals surface area contributed by atoms with E-state index in [1.807, 2.05) is 6.07 Å². The summed E-state index contributed by atoms with van der Waals surface area (Å²) in [5.41, 5.74) is 1.49. The first-order chi connectivity index (χ1) is 19.2. The highest BCUT2D eigenvalue weighted by Crippen LogP contribution is 2.33. The summed E-state index contributed by atoms with van der Waals surface area (Å²) in [6.45, 7) is 3.60. The number of halogens is 1. The Morgan fingerprint density at radius 2 is 2.00 bits per heavy atom. The van der Waals surface area contributed by atoms with Gasteiger partial charge in [-0.05, 0) is 61.9 Å². The lowest BCUT2D eigenvalue weighted by atomic mass is 9.95. The first-order valence-corrected chi connectivity index (χ1v) is 13.4. The number of ether oxygens (including phenoxy) is 2. The molecule has 204 valence electrons. The average molecular weight is 579 g/mol. The lowest BCUT2D eigenvalue weighted by Gasteiger charge is -2.24. The number of rotatable bonds is 7. The van der Waals surface area contributed by atoms with Crippen LogP contribution in [0, 0.1) is 0 Å². The molecule has 0 fully saturated rings. The van der Waals surface area contributed by atoms with Crippen LogP contribution in [0.3, 0.4) is 0 Å². The van der Waals surface area contributed by atoms with Crippen molar-refractivity contribution in [1.82, 2.24) is 4.57 Å². The van der Waals surface area contributed by atoms with Gasteiger partial charge >= 0.3 is 11.9 Å². The Labute approximate surface area is 236 Å². The number of nitrogens with zero attached hydrogens (tertiary/aromatic N) is 2. The van der Waals surface area contributed by atoms with Gasteiger partial charge in [-0.15, -0.1) is 0 Å². The Balaban J connectivity index is 1.64. The van der Waals surface area contributed by atoms with Gasteiger partial charge in [0.2, 0.25) is 0 Å². The molecule has 5 rings (SSSR count). The molecule has 0 bridgehead atoms. The summed E-state index contributed by atoms with van der Waals surface area (Å²) in [7, 11) is 1.54. The molecule has 4 aromatic rings. The minimum atomic E-state index is -1.09. The van der Waals surface area contributed by atoms with Crippen LogP contribution in [-0.2, 0) is 9.53 Å². The SMILES string of the molecule is CCOC(=O)C1=C(C)N=c2s/c(=C/c3ccc(-c4cc(C(=O)O)ccc4Cl)o3)c(=O)n2[C@@H]1c1cccc(OC)c1. The van der Waals surface area contributed by atoms with Crippen molar-refractivity contribution in [3.63, 3.8) is 0 Å². The van der Waals surface area contributed by atoms with Gasteiger partial charge in [0.25, 0.3) is 5.56 Å². The van der Waals surface area contributed by atoms with Gasteiger partial charge in [0, 0.05) is 11.6 Å². The zero-order valence-electron chi connectivity index (χ0n) is 21.6. The van der Waals surface area contributed by atoms with Crippen LogP contribution in [0.1, 0.15) is 41.6 Å². The summed E-state index contributed by atoms with van der Waals surface area (Å²) < 4.78 is 18.4. The van der Waals surface area contributed by atoms with Gasteiger partial charge in [0.15, 0.2) is 4.80 Å². The van der Waals surface area contributed by atoms with Crippen LogP contribution in [0.5, 0.6) is 5.75 Å². The molecule has 40 heavy (non-hydrogen) atoms. The average Bonchev–Trinajstić information content (AvgIpc) is 3.52. The molecule has 11 heteroatoms. The highest BCUT2D eigenvalue weighted by Gasteiger charge is 2.33. The van der Waals surface area contributed by atoms with E-state index in [0.29, 0.717) is 48.5 Å². The summed E-state index contributed by atoms with van der Waals surface area (Å²) >= 11 is 7.45. The first kappa shape index (κ1) is 27.2. The number of esters is 1. The van der Waals surface area contributed by atoms with Gasteiger partial charge in [0.1, 0.15) is 17.3 Å². The molecule has 2 aromatic heterocycles. The molecule has 0 saturated heterocycles. The van der Waals surface area contributed by atoms with Crippen molar-refractivity contribution in [2.45, 2.75) is 19.9 Å². The van der Waals surface area contributed by atoms with Crippen molar-refractivity contribution in [3.05, 3.63) is 107 Å². The number of thiazole rings is 1. The van der Waals surface area contributed by atoms with E-state index in [0.717, 1.165) is 11.3 Å². The summed E-state index contributed by atoms with van der Waals surface area (Å²) in [6, 6.07) is 14.0. The van der Waals surface area contributed by atoms with Crippen molar-refractivity contribution < 1.29 is 28.6 Å². The number of carboxylic acid groups (broad SMARTS) is 1. The second-order valence-electron chi connectivity index (χ2n) is 8.78. The highest BCUT2D eigenvalue weighted by atomic mass is 35.5. The largest absolute Gasteiger partial charge is 0.497 e. The Hall–Kier alpha value is -4.41. The van der Waals surface area contributed by atoms with Crippen molar-refractivity contribution >= 4 is 41.0 Å². The number of hydrogen-bond acceptors (Lipinski definition) is 8. The fourth-order valence-electron chi connectivity index (χ4n) is 4.47. The van der Waals surface area contributed by atoms with Crippen molar-refractivity contribution in [2.24, 2.45) is 4.99 Å². The first-order valence-electron chi connectivity index (χ1n) is 12.2. The zero-order valence-corrected chi connectivity index (χ0v) is 23.2. The van der Waals surface area contributed by atoms with E-state index in [1.54, 1.807) is 57.4 Å². The lowest BCUT2D eigenvalue weighted by Crippen LogP contribution is -2.39. The van der Waals surface area contributed by atoms with E-state index in [4.69, 9.17) is 25.5 Å². The summed E-state index contributed by atoms with van der Waals surface area (Å²) in [6.07, 6.45) is 1.58. The summed E-state index contributed by atoms with van der Waals surface area (Å²) in [5.74, 6) is -0.361. The fourth-order valence-corrected chi connectivity index (χ4v) is 5.71. The number of hydrogen-bond donors (Lipinski definition) is 1. The lowest BCUT2D eigenvalue weighted by molar-refractivity contribution is -0.139. The topological polar surface area (TPSA) is 120 Å². The zero-order chi connectivity index (χ0) is 28.6. The van der Waals surface area contributed by atoms with Gasteiger partial charge < -0.3 is 19.0 Å². The van der Waals surface area contributed by atoms with Crippen LogP contribution in [0.4, 0.5) is 0 Å². The Kier molecular flexibility index (Phi) is 7.46. The van der Waals surface area contributed by atoms with Crippen LogP contribution >= 0.6 is 22.9 Å². The second-order valence-corrected chi connectivity index (χ2v) is 10.2. The molecule has 0 amide bonds. The number of methoxy groups -OCH3 is 1. The van der Waals surface area contributed by atoms with E-state index in [9.17, 15) is 19.5 Å². The quantitative estimate of drug-likeness (QED) is 0.322. The van der Waals surface area contributed by atoms with Crippen LogP contribution in [0.25, 0.3) is 17.4 Å². The minimum absolute atomic E-state index is 0.0657. The molecule has 0 aliphatic carbocycles. The number of benzene rings is 2. The minimum Gasteiger partial charge on any atom is -0.497 e. The van der Waals surface area contributed by atoms with Crippen molar-refractivity contribution in [1.29, 1.82) is 0 Å². The molecule has 3 heterocycles. The van der Waals surface area contributed by atoms with Gasteiger partial charge in [-0.3, -0.25) is 9.36 Å².